The third kappa shape index (κ3) is 1.98. The van der Waals surface area contributed by atoms with E-state index in [-0.39, 0.29) is 11.5 Å². The number of benzene rings is 1. The number of nitrogens with one attached hydrogen (secondary N) is 1. The highest BCUT2D eigenvalue weighted by atomic mass is 16.2. The first kappa shape index (κ1) is 10.1. The first-order chi connectivity index (χ1) is 7.66. The molecule has 1 heterocycles. The molecule has 0 atom stereocenters. The van der Waals surface area contributed by atoms with Crippen LogP contribution in [0.2, 0.25) is 0 Å². The Morgan fingerprint density at radius 2 is 1.88 bits per heavy atom. The second-order valence-corrected chi connectivity index (χ2v) is 3.23. The van der Waals surface area contributed by atoms with E-state index in [0.717, 1.165) is 5.56 Å². The number of carbonyl (C=O) groups is 2. The SMILES string of the molecule is NC1=NC(=O)/C(=C/c2ccccc2)C(=O)N1. The highest BCUT2D eigenvalue weighted by Gasteiger charge is 2.23. The lowest BCUT2D eigenvalue weighted by Gasteiger charge is -2.10. The molecule has 0 unspecified atom stereocenters. The monoisotopic (exact) mass is 215 g/mol. The molecule has 80 valence electrons. The van der Waals surface area contributed by atoms with Crippen molar-refractivity contribution in [2.75, 3.05) is 0 Å². The number of carbonyl (C=O) groups excluding carboxylic acids is 2. The smallest absolute Gasteiger partial charge is 0.285 e. The Kier molecular flexibility index (Phi) is 2.51. The zero-order chi connectivity index (χ0) is 11.5. The van der Waals surface area contributed by atoms with Crippen molar-refractivity contribution in [1.29, 1.82) is 0 Å². The fourth-order valence-corrected chi connectivity index (χ4v) is 1.32. The van der Waals surface area contributed by atoms with E-state index in [1.165, 1.54) is 6.08 Å². The molecule has 0 spiro atoms. The van der Waals surface area contributed by atoms with Gasteiger partial charge in [0, 0.05) is 0 Å². The van der Waals surface area contributed by atoms with Crippen LogP contribution in [-0.4, -0.2) is 17.8 Å². The minimum Gasteiger partial charge on any atom is -0.369 e. The van der Waals surface area contributed by atoms with E-state index in [0.29, 0.717) is 0 Å². The normalized spacial score (nSPS) is 18.2. The van der Waals surface area contributed by atoms with Gasteiger partial charge in [0.05, 0.1) is 0 Å². The summed E-state index contributed by atoms with van der Waals surface area (Å²) in [5.74, 6) is -1.31. The third-order valence-electron chi connectivity index (χ3n) is 2.05. The quantitative estimate of drug-likeness (QED) is 0.512. The summed E-state index contributed by atoms with van der Waals surface area (Å²) in [6.07, 6.45) is 1.48. The number of amides is 2. The van der Waals surface area contributed by atoms with Gasteiger partial charge in [0.2, 0.25) is 5.96 Å². The summed E-state index contributed by atoms with van der Waals surface area (Å²) < 4.78 is 0. The standard InChI is InChI=1S/C11H9N3O2/c12-11-13-9(15)8(10(16)14-11)6-7-4-2-1-3-5-7/h1-6H,(H3,12,13,14,15,16). The molecule has 2 amide bonds. The molecule has 0 bridgehead atoms. The number of rotatable bonds is 1. The Hall–Kier alpha value is -2.43. The summed E-state index contributed by atoms with van der Waals surface area (Å²) in [5, 5.41) is 2.28. The van der Waals surface area contributed by atoms with Crippen molar-refractivity contribution in [1.82, 2.24) is 5.32 Å². The van der Waals surface area contributed by atoms with Gasteiger partial charge in [-0.15, -0.1) is 0 Å². The first-order valence-electron chi connectivity index (χ1n) is 4.63. The molecule has 0 aliphatic carbocycles. The van der Waals surface area contributed by atoms with Gasteiger partial charge in [-0.3, -0.25) is 14.9 Å². The van der Waals surface area contributed by atoms with Crippen LogP contribution in [0, 0.1) is 0 Å². The summed E-state index contributed by atoms with van der Waals surface area (Å²) in [7, 11) is 0. The lowest BCUT2D eigenvalue weighted by atomic mass is 10.1. The van der Waals surface area contributed by atoms with E-state index in [1.807, 2.05) is 18.2 Å². The van der Waals surface area contributed by atoms with Gasteiger partial charge in [0.1, 0.15) is 5.57 Å². The van der Waals surface area contributed by atoms with Crippen LogP contribution in [0.25, 0.3) is 6.08 Å². The molecule has 2 rings (SSSR count). The zero-order valence-electron chi connectivity index (χ0n) is 8.31. The van der Waals surface area contributed by atoms with Gasteiger partial charge in [0.25, 0.3) is 11.8 Å². The second-order valence-electron chi connectivity index (χ2n) is 3.23. The summed E-state index contributed by atoms with van der Waals surface area (Å²) in [5.41, 5.74) is 5.99. The second kappa shape index (κ2) is 3.98. The van der Waals surface area contributed by atoms with Crippen molar-refractivity contribution < 1.29 is 9.59 Å². The summed E-state index contributed by atoms with van der Waals surface area (Å²) in [6.45, 7) is 0. The fraction of sp³-hybridized carbons (Fsp3) is 0. The van der Waals surface area contributed by atoms with Crippen molar-refractivity contribution in [3.8, 4) is 0 Å². The molecule has 1 aliphatic heterocycles. The minimum atomic E-state index is -0.620. The molecule has 0 fully saturated rings. The molecule has 5 nitrogen and oxygen atoms in total. The molecular formula is C11H9N3O2. The Bertz CT molecular complexity index is 503. The topological polar surface area (TPSA) is 84.5 Å². The number of hydrogen-bond donors (Lipinski definition) is 2. The Labute approximate surface area is 91.7 Å². The Balaban J connectivity index is 2.38. The van der Waals surface area contributed by atoms with Crippen LogP contribution >= 0.6 is 0 Å². The largest absolute Gasteiger partial charge is 0.369 e. The van der Waals surface area contributed by atoms with Crippen molar-refractivity contribution in [3.63, 3.8) is 0 Å². The van der Waals surface area contributed by atoms with Crippen LogP contribution in [0.5, 0.6) is 0 Å². The van der Waals surface area contributed by atoms with Crippen molar-refractivity contribution >= 4 is 23.8 Å². The van der Waals surface area contributed by atoms with Crippen LogP contribution < -0.4 is 11.1 Å². The number of guanidine groups is 1. The van der Waals surface area contributed by atoms with Gasteiger partial charge in [-0.2, -0.15) is 4.99 Å². The van der Waals surface area contributed by atoms with Gasteiger partial charge in [-0.1, -0.05) is 30.3 Å². The van der Waals surface area contributed by atoms with Gasteiger partial charge in [-0.25, -0.2) is 0 Å². The Morgan fingerprint density at radius 3 is 2.50 bits per heavy atom. The van der Waals surface area contributed by atoms with Crippen LogP contribution in [0.4, 0.5) is 0 Å². The average Bonchev–Trinajstić information content (AvgIpc) is 2.25. The molecule has 0 radical (unpaired) electrons. The average molecular weight is 215 g/mol. The van der Waals surface area contributed by atoms with Gasteiger partial charge in [0.15, 0.2) is 0 Å². The van der Waals surface area contributed by atoms with Crippen LogP contribution in [-0.2, 0) is 9.59 Å². The van der Waals surface area contributed by atoms with E-state index in [4.69, 9.17) is 5.73 Å². The predicted octanol–water partition coefficient (Wildman–Crippen LogP) is 0.0411. The maximum absolute atomic E-state index is 11.5. The summed E-state index contributed by atoms with van der Waals surface area (Å²) >= 11 is 0. The van der Waals surface area contributed by atoms with Gasteiger partial charge < -0.3 is 5.73 Å². The fourth-order valence-electron chi connectivity index (χ4n) is 1.32. The third-order valence-corrected chi connectivity index (χ3v) is 2.05. The molecular weight excluding hydrogens is 206 g/mol. The number of nitrogens with zero attached hydrogens (tertiary/aromatic N) is 1. The summed E-state index contributed by atoms with van der Waals surface area (Å²) in [4.78, 5) is 26.3. The van der Waals surface area contributed by atoms with E-state index in [2.05, 4.69) is 10.3 Å². The predicted molar refractivity (Wildman–Crippen MR) is 59.2 cm³/mol. The van der Waals surface area contributed by atoms with E-state index < -0.39 is 11.8 Å². The van der Waals surface area contributed by atoms with Crippen LogP contribution in [0.1, 0.15) is 5.56 Å². The molecule has 0 saturated carbocycles. The number of nitrogens with two attached hydrogens (primary N) is 1. The maximum atomic E-state index is 11.5. The summed E-state index contributed by atoms with van der Waals surface area (Å²) in [6, 6.07) is 9.05. The van der Waals surface area contributed by atoms with Crippen molar-refractivity contribution in [2.24, 2.45) is 10.7 Å². The Morgan fingerprint density at radius 1 is 1.19 bits per heavy atom. The molecule has 1 aliphatic rings. The lowest BCUT2D eigenvalue weighted by Crippen LogP contribution is -2.43. The first-order valence-corrected chi connectivity index (χ1v) is 4.63. The van der Waals surface area contributed by atoms with Gasteiger partial charge >= 0.3 is 0 Å². The molecule has 1 aromatic carbocycles. The van der Waals surface area contributed by atoms with E-state index >= 15 is 0 Å². The molecule has 16 heavy (non-hydrogen) atoms. The minimum absolute atomic E-state index is 0.0135. The lowest BCUT2D eigenvalue weighted by molar-refractivity contribution is -0.121. The highest BCUT2D eigenvalue weighted by molar-refractivity contribution is 6.29. The van der Waals surface area contributed by atoms with Crippen molar-refractivity contribution in [3.05, 3.63) is 41.5 Å². The number of hydrogen-bond acceptors (Lipinski definition) is 3. The molecule has 3 N–H and O–H groups in total. The molecule has 0 saturated heterocycles. The molecule has 5 heteroatoms. The van der Waals surface area contributed by atoms with Crippen LogP contribution in [0.3, 0.4) is 0 Å². The van der Waals surface area contributed by atoms with Crippen LogP contribution in [0.15, 0.2) is 40.9 Å². The van der Waals surface area contributed by atoms with E-state index in [1.54, 1.807) is 12.1 Å². The van der Waals surface area contributed by atoms with E-state index in [9.17, 15) is 9.59 Å². The molecule has 1 aromatic rings. The van der Waals surface area contributed by atoms with Crippen molar-refractivity contribution in [2.45, 2.75) is 0 Å². The highest BCUT2D eigenvalue weighted by Crippen LogP contribution is 2.10. The van der Waals surface area contributed by atoms with Gasteiger partial charge in [-0.05, 0) is 11.6 Å². The zero-order valence-corrected chi connectivity index (χ0v) is 8.31. The maximum Gasteiger partial charge on any atom is 0.285 e. The molecule has 0 aromatic heterocycles. The number of aliphatic imine (C=N–C) groups is 1.